The van der Waals surface area contributed by atoms with Gasteiger partial charge in [-0.25, -0.2) is 4.39 Å². The molecule has 0 amide bonds. The largest absolute Gasteiger partial charge is 0.301 e. The predicted molar refractivity (Wildman–Crippen MR) is 79.4 cm³/mol. The van der Waals surface area contributed by atoms with Gasteiger partial charge in [-0.1, -0.05) is 18.2 Å². The summed E-state index contributed by atoms with van der Waals surface area (Å²) in [6.45, 7) is 4.04. The van der Waals surface area contributed by atoms with Crippen molar-refractivity contribution >= 4 is 5.65 Å². The molecule has 0 fully saturated rings. The third-order valence-corrected chi connectivity index (χ3v) is 3.58. The highest BCUT2D eigenvalue weighted by Gasteiger charge is 2.16. The number of nitrogens with one attached hydrogen (secondary N) is 1. The Hall–Kier alpha value is -2.27. The Bertz CT molecular complexity index is 753. The van der Waals surface area contributed by atoms with Crippen LogP contribution in [0.3, 0.4) is 0 Å². The molecule has 0 radical (unpaired) electrons. The molecule has 2 heterocycles. The highest BCUT2D eigenvalue weighted by molar-refractivity contribution is 5.37. The summed E-state index contributed by atoms with van der Waals surface area (Å²) in [5, 5.41) is 11.8. The average molecular weight is 284 g/mol. The van der Waals surface area contributed by atoms with Gasteiger partial charge in [-0.2, -0.15) is 0 Å². The van der Waals surface area contributed by atoms with Gasteiger partial charge in [0, 0.05) is 12.2 Å². The van der Waals surface area contributed by atoms with Gasteiger partial charge in [-0.05, 0) is 43.7 Å². The maximum absolute atomic E-state index is 13.3. The van der Waals surface area contributed by atoms with Crippen molar-refractivity contribution in [1.29, 1.82) is 0 Å². The normalized spacial score (nSPS) is 14.2. The van der Waals surface area contributed by atoms with E-state index in [1.165, 1.54) is 6.07 Å². The molecule has 1 N–H and O–H groups in total. The lowest BCUT2D eigenvalue weighted by molar-refractivity contribution is 0.471. The predicted octanol–water partition coefficient (Wildman–Crippen LogP) is 3.28. The van der Waals surface area contributed by atoms with E-state index in [1.54, 1.807) is 12.1 Å². The lowest BCUT2D eigenvalue weighted by Gasteiger charge is -2.19. The van der Waals surface area contributed by atoms with Gasteiger partial charge in [-0.3, -0.25) is 4.40 Å². The van der Waals surface area contributed by atoms with Crippen LogP contribution in [0.15, 0.2) is 48.7 Å². The van der Waals surface area contributed by atoms with Crippen LogP contribution < -0.4 is 5.32 Å². The standard InChI is InChI=1S/C16H17FN4/c1-11(13-6-5-7-14(17)10-13)18-12(2)16-20-19-15-8-3-4-9-21(15)16/h3-12,18H,1-2H3. The first-order chi connectivity index (χ1) is 10.1. The van der Waals surface area contributed by atoms with Crippen molar-refractivity contribution in [3.63, 3.8) is 0 Å². The zero-order chi connectivity index (χ0) is 14.8. The van der Waals surface area contributed by atoms with Crippen molar-refractivity contribution < 1.29 is 4.39 Å². The lowest BCUT2D eigenvalue weighted by atomic mass is 10.1. The Balaban J connectivity index is 1.81. The topological polar surface area (TPSA) is 42.2 Å². The van der Waals surface area contributed by atoms with Crippen molar-refractivity contribution in [2.24, 2.45) is 0 Å². The smallest absolute Gasteiger partial charge is 0.160 e. The first-order valence-electron chi connectivity index (χ1n) is 6.96. The molecule has 2 atom stereocenters. The fraction of sp³-hybridized carbons (Fsp3) is 0.250. The Kier molecular flexibility index (Phi) is 3.66. The van der Waals surface area contributed by atoms with E-state index in [0.29, 0.717) is 0 Å². The molecular formula is C16H17FN4. The Labute approximate surface area is 122 Å². The highest BCUT2D eigenvalue weighted by Crippen LogP contribution is 2.19. The molecule has 4 nitrogen and oxygen atoms in total. The molecule has 0 saturated heterocycles. The van der Waals surface area contributed by atoms with Crippen molar-refractivity contribution in [3.8, 4) is 0 Å². The van der Waals surface area contributed by atoms with E-state index in [2.05, 4.69) is 15.5 Å². The fourth-order valence-corrected chi connectivity index (χ4v) is 2.48. The maximum Gasteiger partial charge on any atom is 0.160 e. The SMILES string of the molecule is CC(NC(C)c1nnc2ccccn12)c1cccc(F)c1. The molecule has 2 unspecified atom stereocenters. The van der Waals surface area contributed by atoms with Crippen molar-refractivity contribution in [3.05, 3.63) is 65.9 Å². The summed E-state index contributed by atoms with van der Waals surface area (Å²) < 4.78 is 15.2. The van der Waals surface area contributed by atoms with E-state index < -0.39 is 0 Å². The minimum absolute atomic E-state index is 0.000618. The molecule has 3 aromatic rings. The van der Waals surface area contributed by atoms with Crippen LogP contribution in [0.1, 0.15) is 37.3 Å². The number of aromatic nitrogens is 3. The van der Waals surface area contributed by atoms with Gasteiger partial charge in [0.05, 0.1) is 6.04 Å². The minimum atomic E-state index is -0.221. The molecule has 0 spiro atoms. The summed E-state index contributed by atoms with van der Waals surface area (Å²) in [5.41, 5.74) is 1.73. The van der Waals surface area contributed by atoms with E-state index in [-0.39, 0.29) is 17.9 Å². The van der Waals surface area contributed by atoms with Crippen LogP contribution in [0, 0.1) is 5.82 Å². The third kappa shape index (κ3) is 2.78. The molecule has 0 saturated carbocycles. The van der Waals surface area contributed by atoms with E-state index in [9.17, 15) is 4.39 Å². The molecule has 0 bridgehead atoms. The summed E-state index contributed by atoms with van der Waals surface area (Å²) in [7, 11) is 0. The molecule has 108 valence electrons. The van der Waals surface area contributed by atoms with Gasteiger partial charge in [0.1, 0.15) is 5.82 Å². The van der Waals surface area contributed by atoms with Crippen LogP contribution in [0.25, 0.3) is 5.65 Å². The van der Waals surface area contributed by atoms with Crippen molar-refractivity contribution in [1.82, 2.24) is 19.9 Å². The number of halogens is 1. The molecule has 0 aliphatic carbocycles. The van der Waals surface area contributed by atoms with E-state index in [0.717, 1.165) is 17.0 Å². The lowest BCUT2D eigenvalue weighted by Crippen LogP contribution is -2.24. The van der Waals surface area contributed by atoms with Crippen molar-refractivity contribution in [2.75, 3.05) is 0 Å². The monoisotopic (exact) mass is 284 g/mol. The maximum atomic E-state index is 13.3. The zero-order valence-corrected chi connectivity index (χ0v) is 12.0. The zero-order valence-electron chi connectivity index (χ0n) is 12.0. The summed E-state index contributed by atoms with van der Waals surface area (Å²) >= 11 is 0. The van der Waals surface area contributed by atoms with E-state index >= 15 is 0 Å². The quantitative estimate of drug-likeness (QED) is 0.799. The van der Waals surface area contributed by atoms with Gasteiger partial charge >= 0.3 is 0 Å². The van der Waals surface area contributed by atoms with Crippen LogP contribution in [-0.2, 0) is 0 Å². The van der Waals surface area contributed by atoms with Crippen LogP contribution in [-0.4, -0.2) is 14.6 Å². The number of hydrogen-bond donors (Lipinski definition) is 1. The molecule has 21 heavy (non-hydrogen) atoms. The number of hydrogen-bond acceptors (Lipinski definition) is 3. The first kappa shape index (κ1) is 13.7. The first-order valence-corrected chi connectivity index (χ1v) is 6.96. The van der Waals surface area contributed by atoms with Crippen LogP contribution in [0.2, 0.25) is 0 Å². The molecule has 3 rings (SSSR count). The molecular weight excluding hydrogens is 267 g/mol. The van der Waals surface area contributed by atoms with Gasteiger partial charge < -0.3 is 5.32 Å². The minimum Gasteiger partial charge on any atom is -0.301 e. The second kappa shape index (κ2) is 5.61. The third-order valence-electron chi connectivity index (χ3n) is 3.58. The van der Waals surface area contributed by atoms with Gasteiger partial charge in [0.25, 0.3) is 0 Å². The van der Waals surface area contributed by atoms with Gasteiger partial charge in [-0.15, -0.1) is 10.2 Å². The number of nitrogens with zero attached hydrogens (tertiary/aromatic N) is 3. The van der Waals surface area contributed by atoms with Crippen LogP contribution in [0.4, 0.5) is 4.39 Å². The average Bonchev–Trinajstić information content (AvgIpc) is 2.91. The number of rotatable bonds is 4. The highest BCUT2D eigenvalue weighted by atomic mass is 19.1. The number of fused-ring (bicyclic) bond motifs is 1. The Morgan fingerprint density at radius 2 is 1.90 bits per heavy atom. The summed E-state index contributed by atoms with van der Waals surface area (Å²) in [6.07, 6.45) is 1.94. The molecule has 1 aromatic carbocycles. The van der Waals surface area contributed by atoms with Crippen LogP contribution >= 0.6 is 0 Å². The number of benzene rings is 1. The summed E-state index contributed by atoms with van der Waals surface area (Å²) in [5.74, 6) is 0.621. The summed E-state index contributed by atoms with van der Waals surface area (Å²) in [4.78, 5) is 0. The molecule has 0 aliphatic heterocycles. The van der Waals surface area contributed by atoms with Gasteiger partial charge in [0.2, 0.25) is 0 Å². The Morgan fingerprint density at radius 3 is 2.71 bits per heavy atom. The Morgan fingerprint density at radius 1 is 1.05 bits per heavy atom. The second-order valence-electron chi connectivity index (χ2n) is 5.15. The van der Waals surface area contributed by atoms with Crippen LogP contribution in [0.5, 0.6) is 0 Å². The second-order valence-corrected chi connectivity index (χ2v) is 5.15. The molecule has 2 aromatic heterocycles. The van der Waals surface area contributed by atoms with Crippen molar-refractivity contribution in [2.45, 2.75) is 25.9 Å². The molecule has 5 heteroatoms. The summed E-state index contributed by atoms with van der Waals surface area (Å²) in [6, 6.07) is 12.4. The fourth-order valence-electron chi connectivity index (χ4n) is 2.48. The molecule has 0 aliphatic rings. The van der Waals surface area contributed by atoms with E-state index in [4.69, 9.17) is 0 Å². The van der Waals surface area contributed by atoms with E-state index in [1.807, 2.05) is 48.7 Å². The van der Waals surface area contributed by atoms with Gasteiger partial charge in [0.15, 0.2) is 11.5 Å². The number of pyridine rings is 1.